The maximum absolute atomic E-state index is 10.9. The zero-order valence-electron chi connectivity index (χ0n) is 6.50. The van der Waals surface area contributed by atoms with Gasteiger partial charge in [-0.15, -0.1) is 11.6 Å². The lowest BCUT2D eigenvalue weighted by Gasteiger charge is -2.06. The van der Waals surface area contributed by atoms with E-state index in [1.165, 1.54) is 5.48 Å². The lowest BCUT2D eigenvalue weighted by Crippen LogP contribution is -2.23. The molecule has 0 aliphatic carbocycles. The summed E-state index contributed by atoms with van der Waals surface area (Å²) in [6, 6.07) is 6.48. The molecule has 1 amide bonds. The van der Waals surface area contributed by atoms with Crippen LogP contribution in [-0.4, -0.2) is 11.1 Å². The summed E-state index contributed by atoms with van der Waals surface area (Å²) < 4.78 is 0. The fourth-order valence-corrected chi connectivity index (χ4v) is 1.16. The van der Waals surface area contributed by atoms with Gasteiger partial charge in [0.2, 0.25) is 0 Å². The number of hydrogen-bond acceptors (Lipinski definition) is 2. The molecule has 1 rings (SSSR count). The molecule has 13 heavy (non-hydrogen) atoms. The van der Waals surface area contributed by atoms with Gasteiger partial charge in [0.25, 0.3) is 5.91 Å². The van der Waals surface area contributed by atoms with Crippen LogP contribution in [0.15, 0.2) is 24.3 Å². The van der Waals surface area contributed by atoms with Crippen LogP contribution in [0.25, 0.3) is 0 Å². The molecule has 0 aromatic heterocycles. The first kappa shape index (κ1) is 10.3. The lowest BCUT2D eigenvalue weighted by atomic mass is 10.1. The van der Waals surface area contributed by atoms with Crippen LogP contribution in [0.4, 0.5) is 0 Å². The van der Waals surface area contributed by atoms with E-state index < -0.39 is 11.3 Å². The molecule has 0 saturated heterocycles. The molecule has 0 fully saturated rings. The second-order valence-corrected chi connectivity index (χ2v) is 3.26. The molecule has 2 N–H and O–H groups in total. The fourth-order valence-electron chi connectivity index (χ4n) is 0.840. The summed E-state index contributed by atoms with van der Waals surface area (Å²) in [4.78, 5) is 10.9. The molecule has 0 spiro atoms. The van der Waals surface area contributed by atoms with Crippen molar-refractivity contribution in [2.75, 3.05) is 0 Å². The molecule has 1 aromatic rings. The molecule has 0 heterocycles. The van der Waals surface area contributed by atoms with E-state index in [1.807, 2.05) is 0 Å². The first-order valence-electron chi connectivity index (χ1n) is 3.48. The first-order chi connectivity index (χ1) is 6.15. The van der Waals surface area contributed by atoms with E-state index in [2.05, 4.69) is 0 Å². The molecule has 0 radical (unpaired) electrons. The van der Waals surface area contributed by atoms with Crippen LogP contribution in [0.2, 0.25) is 5.02 Å². The van der Waals surface area contributed by atoms with Gasteiger partial charge in [-0.25, -0.2) is 5.48 Å². The van der Waals surface area contributed by atoms with Crippen molar-refractivity contribution in [2.45, 2.75) is 5.38 Å². The first-order valence-corrected chi connectivity index (χ1v) is 4.30. The SMILES string of the molecule is O=C(NO)C(Cl)c1ccc(Cl)cc1. The zero-order valence-corrected chi connectivity index (χ0v) is 8.01. The van der Waals surface area contributed by atoms with Gasteiger partial charge in [0, 0.05) is 5.02 Å². The van der Waals surface area contributed by atoms with Crippen molar-refractivity contribution in [2.24, 2.45) is 0 Å². The maximum atomic E-state index is 10.9. The van der Waals surface area contributed by atoms with Crippen molar-refractivity contribution < 1.29 is 10.0 Å². The summed E-state index contributed by atoms with van der Waals surface area (Å²) >= 11 is 11.3. The number of hydrogen-bond donors (Lipinski definition) is 2. The van der Waals surface area contributed by atoms with E-state index in [-0.39, 0.29) is 0 Å². The monoisotopic (exact) mass is 219 g/mol. The predicted octanol–water partition coefficient (Wildman–Crippen LogP) is 2.13. The van der Waals surface area contributed by atoms with Crippen LogP contribution in [0.1, 0.15) is 10.9 Å². The number of halogens is 2. The molecule has 1 unspecified atom stereocenters. The average molecular weight is 220 g/mol. The number of carbonyl (C=O) groups excluding carboxylic acids is 1. The zero-order chi connectivity index (χ0) is 9.84. The molecular formula is C8H7Cl2NO2. The standard InChI is InChI=1S/C8H7Cl2NO2/c9-6-3-1-5(2-4-6)7(10)8(12)11-13/h1-4,7,13H,(H,11,12). The highest BCUT2D eigenvalue weighted by molar-refractivity contribution is 6.31. The van der Waals surface area contributed by atoms with Gasteiger partial charge in [-0.2, -0.15) is 0 Å². The Hall–Kier alpha value is -0.770. The van der Waals surface area contributed by atoms with Crippen LogP contribution in [0.5, 0.6) is 0 Å². The summed E-state index contributed by atoms with van der Waals surface area (Å²) in [5, 5.41) is 7.98. The average Bonchev–Trinajstić information content (AvgIpc) is 2.17. The van der Waals surface area contributed by atoms with Crippen molar-refractivity contribution in [3.05, 3.63) is 34.9 Å². The normalized spacial score (nSPS) is 12.2. The van der Waals surface area contributed by atoms with E-state index in [9.17, 15) is 4.79 Å². The Kier molecular flexibility index (Phi) is 3.54. The molecule has 3 nitrogen and oxygen atoms in total. The minimum absolute atomic E-state index is 0.567. The number of benzene rings is 1. The maximum Gasteiger partial charge on any atom is 0.265 e. The predicted molar refractivity (Wildman–Crippen MR) is 50.0 cm³/mol. The molecule has 5 heteroatoms. The quantitative estimate of drug-likeness (QED) is 0.455. The smallest absolute Gasteiger partial charge is 0.265 e. The van der Waals surface area contributed by atoms with Gasteiger partial charge in [-0.05, 0) is 17.7 Å². The van der Waals surface area contributed by atoms with Crippen molar-refractivity contribution in [1.82, 2.24) is 5.48 Å². The van der Waals surface area contributed by atoms with Crippen molar-refractivity contribution in [1.29, 1.82) is 0 Å². The minimum Gasteiger partial charge on any atom is -0.289 e. The molecule has 0 aliphatic rings. The molecule has 1 atom stereocenters. The summed E-state index contributed by atoms with van der Waals surface area (Å²) in [5.41, 5.74) is 2.06. The molecule has 0 aliphatic heterocycles. The summed E-state index contributed by atoms with van der Waals surface area (Å²) in [7, 11) is 0. The molecule has 0 bridgehead atoms. The Labute approximate surface area is 85.2 Å². The van der Waals surface area contributed by atoms with E-state index in [1.54, 1.807) is 24.3 Å². The molecular weight excluding hydrogens is 213 g/mol. The molecule has 1 aromatic carbocycles. The summed E-state index contributed by atoms with van der Waals surface area (Å²) in [6.07, 6.45) is 0. The third kappa shape index (κ3) is 2.59. The van der Waals surface area contributed by atoms with Crippen LogP contribution in [0, 0.1) is 0 Å². The highest BCUT2D eigenvalue weighted by atomic mass is 35.5. The number of carbonyl (C=O) groups is 1. The Morgan fingerprint density at radius 3 is 2.38 bits per heavy atom. The highest BCUT2D eigenvalue weighted by Gasteiger charge is 2.16. The fraction of sp³-hybridized carbons (Fsp3) is 0.125. The van der Waals surface area contributed by atoms with Crippen LogP contribution < -0.4 is 5.48 Å². The number of nitrogens with one attached hydrogen (secondary N) is 1. The van der Waals surface area contributed by atoms with Crippen molar-refractivity contribution in [3.63, 3.8) is 0 Å². The Morgan fingerprint density at radius 2 is 1.92 bits per heavy atom. The topological polar surface area (TPSA) is 49.3 Å². The van der Waals surface area contributed by atoms with Gasteiger partial charge in [0.05, 0.1) is 0 Å². The van der Waals surface area contributed by atoms with Crippen LogP contribution in [0.3, 0.4) is 0 Å². The second kappa shape index (κ2) is 4.46. The van der Waals surface area contributed by atoms with Gasteiger partial charge >= 0.3 is 0 Å². The van der Waals surface area contributed by atoms with Crippen molar-refractivity contribution in [3.8, 4) is 0 Å². The number of alkyl halides is 1. The third-order valence-electron chi connectivity index (χ3n) is 1.50. The van der Waals surface area contributed by atoms with Gasteiger partial charge in [0.15, 0.2) is 0 Å². The van der Waals surface area contributed by atoms with E-state index >= 15 is 0 Å². The molecule has 70 valence electrons. The second-order valence-electron chi connectivity index (χ2n) is 2.39. The van der Waals surface area contributed by atoms with E-state index in [0.717, 1.165) is 0 Å². The van der Waals surface area contributed by atoms with E-state index in [0.29, 0.717) is 10.6 Å². The Morgan fingerprint density at radius 1 is 1.38 bits per heavy atom. The van der Waals surface area contributed by atoms with Crippen LogP contribution in [-0.2, 0) is 4.79 Å². The van der Waals surface area contributed by atoms with Crippen molar-refractivity contribution >= 4 is 29.1 Å². The number of rotatable bonds is 2. The lowest BCUT2D eigenvalue weighted by molar-refractivity contribution is -0.128. The summed E-state index contributed by atoms with van der Waals surface area (Å²) in [5.74, 6) is -0.663. The Balaban J connectivity index is 2.83. The van der Waals surface area contributed by atoms with Gasteiger partial charge in [-0.1, -0.05) is 23.7 Å². The molecule has 0 saturated carbocycles. The number of amides is 1. The van der Waals surface area contributed by atoms with Gasteiger partial charge in [-0.3, -0.25) is 10.0 Å². The third-order valence-corrected chi connectivity index (χ3v) is 2.21. The largest absolute Gasteiger partial charge is 0.289 e. The van der Waals surface area contributed by atoms with Gasteiger partial charge < -0.3 is 0 Å². The van der Waals surface area contributed by atoms with E-state index in [4.69, 9.17) is 28.4 Å². The summed E-state index contributed by atoms with van der Waals surface area (Å²) in [6.45, 7) is 0. The Bertz CT molecular complexity index is 300. The van der Waals surface area contributed by atoms with Crippen LogP contribution >= 0.6 is 23.2 Å². The highest BCUT2D eigenvalue weighted by Crippen LogP contribution is 2.21. The van der Waals surface area contributed by atoms with Gasteiger partial charge in [0.1, 0.15) is 5.38 Å². The minimum atomic E-state index is -0.901. The number of hydroxylamine groups is 1.